The molecule has 0 amide bonds. The van der Waals surface area contributed by atoms with Crippen molar-refractivity contribution in [1.82, 2.24) is 4.98 Å². The molecule has 0 fully saturated rings. The van der Waals surface area contributed by atoms with Gasteiger partial charge in [-0.1, -0.05) is 11.6 Å². The number of methoxy groups -OCH3 is 1. The molecule has 0 aromatic carbocycles. The highest BCUT2D eigenvalue weighted by atomic mass is 35.5. The van der Waals surface area contributed by atoms with Crippen molar-refractivity contribution >= 4 is 11.6 Å². The SMILES string of the molecule is COc1c(C)cnc(CC(C)=CCCCl)c1C. The Morgan fingerprint density at radius 1 is 1.47 bits per heavy atom. The summed E-state index contributed by atoms with van der Waals surface area (Å²) in [6.45, 7) is 6.18. The Morgan fingerprint density at radius 2 is 2.18 bits per heavy atom. The fourth-order valence-corrected chi connectivity index (χ4v) is 2.00. The predicted molar refractivity (Wildman–Crippen MR) is 73.1 cm³/mol. The lowest BCUT2D eigenvalue weighted by molar-refractivity contribution is 0.407. The maximum atomic E-state index is 5.67. The van der Waals surface area contributed by atoms with Crippen molar-refractivity contribution in [3.05, 3.63) is 34.7 Å². The van der Waals surface area contributed by atoms with Crippen molar-refractivity contribution in [2.45, 2.75) is 33.6 Å². The number of aryl methyl sites for hydroxylation is 1. The highest BCUT2D eigenvalue weighted by Gasteiger charge is 2.09. The summed E-state index contributed by atoms with van der Waals surface area (Å²) in [6.07, 6.45) is 5.81. The van der Waals surface area contributed by atoms with Crippen molar-refractivity contribution in [3.8, 4) is 5.75 Å². The smallest absolute Gasteiger partial charge is 0.128 e. The van der Waals surface area contributed by atoms with E-state index in [9.17, 15) is 0 Å². The summed E-state index contributed by atoms with van der Waals surface area (Å²) in [7, 11) is 1.70. The van der Waals surface area contributed by atoms with Gasteiger partial charge in [0.05, 0.1) is 12.8 Å². The van der Waals surface area contributed by atoms with Gasteiger partial charge >= 0.3 is 0 Å². The first kappa shape index (κ1) is 14.0. The van der Waals surface area contributed by atoms with Gasteiger partial charge in [0.15, 0.2) is 0 Å². The monoisotopic (exact) mass is 253 g/mol. The van der Waals surface area contributed by atoms with E-state index < -0.39 is 0 Å². The minimum absolute atomic E-state index is 0.668. The second-order valence-corrected chi connectivity index (χ2v) is 4.63. The Balaban J connectivity index is 2.92. The van der Waals surface area contributed by atoms with Crippen LogP contribution in [0.4, 0.5) is 0 Å². The molecular weight excluding hydrogens is 234 g/mol. The van der Waals surface area contributed by atoms with E-state index >= 15 is 0 Å². The van der Waals surface area contributed by atoms with Crippen molar-refractivity contribution in [3.63, 3.8) is 0 Å². The van der Waals surface area contributed by atoms with Gasteiger partial charge in [-0.15, -0.1) is 11.6 Å². The number of nitrogens with zero attached hydrogens (tertiary/aromatic N) is 1. The fourth-order valence-electron chi connectivity index (χ4n) is 1.89. The second kappa shape index (κ2) is 6.65. The summed E-state index contributed by atoms with van der Waals surface area (Å²) in [5, 5.41) is 0. The van der Waals surface area contributed by atoms with E-state index in [4.69, 9.17) is 16.3 Å². The summed E-state index contributed by atoms with van der Waals surface area (Å²) in [4.78, 5) is 4.48. The lowest BCUT2D eigenvalue weighted by Gasteiger charge is -2.12. The van der Waals surface area contributed by atoms with E-state index in [0.717, 1.165) is 35.4 Å². The number of alkyl halides is 1. The van der Waals surface area contributed by atoms with Crippen LogP contribution in [0.3, 0.4) is 0 Å². The van der Waals surface area contributed by atoms with E-state index in [1.165, 1.54) is 5.57 Å². The van der Waals surface area contributed by atoms with E-state index in [1.54, 1.807) is 7.11 Å². The zero-order chi connectivity index (χ0) is 12.8. The number of hydrogen-bond acceptors (Lipinski definition) is 2. The number of rotatable bonds is 5. The van der Waals surface area contributed by atoms with Gasteiger partial charge in [-0.05, 0) is 27.2 Å². The third-order valence-electron chi connectivity index (χ3n) is 2.80. The quantitative estimate of drug-likeness (QED) is 0.588. The number of allylic oxidation sites excluding steroid dienone is 2. The largest absolute Gasteiger partial charge is 0.496 e. The Labute approximate surface area is 109 Å². The molecule has 0 spiro atoms. The summed E-state index contributed by atoms with van der Waals surface area (Å²) in [6, 6.07) is 0. The van der Waals surface area contributed by atoms with Crippen LogP contribution in [-0.2, 0) is 6.42 Å². The highest BCUT2D eigenvalue weighted by Crippen LogP contribution is 2.25. The topological polar surface area (TPSA) is 22.1 Å². The highest BCUT2D eigenvalue weighted by molar-refractivity contribution is 6.17. The third-order valence-corrected chi connectivity index (χ3v) is 3.02. The summed E-state index contributed by atoms with van der Waals surface area (Å²) in [5.74, 6) is 1.61. The molecule has 0 atom stereocenters. The van der Waals surface area contributed by atoms with Gasteiger partial charge < -0.3 is 4.74 Å². The molecule has 0 radical (unpaired) electrons. The average Bonchev–Trinajstić information content (AvgIpc) is 2.31. The number of halogens is 1. The zero-order valence-electron chi connectivity index (χ0n) is 11.0. The Hall–Kier alpha value is -1.02. The molecule has 0 saturated carbocycles. The first-order valence-electron chi connectivity index (χ1n) is 5.80. The first-order chi connectivity index (χ1) is 8.10. The molecule has 1 heterocycles. The van der Waals surface area contributed by atoms with Gasteiger partial charge in [0, 0.05) is 29.6 Å². The molecule has 1 rings (SSSR count). The Morgan fingerprint density at radius 3 is 2.76 bits per heavy atom. The normalized spacial score (nSPS) is 11.7. The van der Waals surface area contributed by atoms with Gasteiger partial charge in [-0.2, -0.15) is 0 Å². The maximum Gasteiger partial charge on any atom is 0.128 e. The van der Waals surface area contributed by atoms with Crippen molar-refractivity contribution < 1.29 is 4.74 Å². The molecule has 1 aromatic rings. The summed E-state index contributed by atoms with van der Waals surface area (Å²) >= 11 is 5.67. The summed E-state index contributed by atoms with van der Waals surface area (Å²) < 4.78 is 5.40. The molecule has 3 heteroatoms. The number of pyridine rings is 1. The van der Waals surface area contributed by atoms with Crippen molar-refractivity contribution in [2.75, 3.05) is 13.0 Å². The predicted octanol–water partition coefficient (Wildman–Crippen LogP) is 3.82. The number of hydrogen-bond donors (Lipinski definition) is 0. The molecule has 0 aliphatic heterocycles. The number of aromatic nitrogens is 1. The Kier molecular flexibility index (Phi) is 5.49. The van der Waals surface area contributed by atoms with E-state index in [0.29, 0.717) is 5.88 Å². The second-order valence-electron chi connectivity index (χ2n) is 4.25. The van der Waals surface area contributed by atoms with Gasteiger partial charge in [0.25, 0.3) is 0 Å². The van der Waals surface area contributed by atoms with Crippen LogP contribution in [0.25, 0.3) is 0 Å². The van der Waals surface area contributed by atoms with Gasteiger partial charge in [-0.3, -0.25) is 4.98 Å². The van der Waals surface area contributed by atoms with Crippen LogP contribution < -0.4 is 4.74 Å². The molecular formula is C14H20ClNO. The van der Waals surface area contributed by atoms with Crippen LogP contribution in [0.1, 0.15) is 30.2 Å². The lowest BCUT2D eigenvalue weighted by atomic mass is 10.0. The molecule has 0 unspecified atom stereocenters. The van der Waals surface area contributed by atoms with Gasteiger partial charge in [0.2, 0.25) is 0 Å². The molecule has 0 aliphatic carbocycles. The summed E-state index contributed by atoms with van der Waals surface area (Å²) in [5.41, 5.74) is 4.59. The molecule has 2 nitrogen and oxygen atoms in total. The third kappa shape index (κ3) is 3.74. The van der Waals surface area contributed by atoms with Crippen LogP contribution in [0.2, 0.25) is 0 Å². The van der Waals surface area contributed by atoms with E-state index in [2.05, 4.69) is 24.9 Å². The number of ether oxygens (including phenoxy) is 1. The minimum Gasteiger partial charge on any atom is -0.496 e. The van der Waals surface area contributed by atoms with Gasteiger partial charge in [-0.25, -0.2) is 0 Å². The molecule has 1 aromatic heterocycles. The van der Waals surface area contributed by atoms with Crippen LogP contribution in [0, 0.1) is 13.8 Å². The van der Waals surface area contributed by atoms with Crippen LogP contribution >= 0.6 is 11.6 Å². The van der Waals surface area contributed by atoms with Crippen molar-refractivity contribution in [1.29, 1.82) is 0 Å². The Bertz CT molecular complexity index is 413. The maximum absolute atomic E-state index is 5.67. The zero-order valence-corrected chi connectivity index (χ0v) is 11.8. The molecule has 94 valence electrons. The van der Waals surface area contributed by atoms with Crippen LogP contribution in [0.15, 0.2) is 17.8 Å². The minimum atomic E-state index is 0.668. The molecule has 17 heavy (non-hydrogen) atoms. The lowest BCUT2D eigenvalue weighted by Crippen LogP contribution is -2.00. The first-order valence-corrected chi connectivity index (χ1v) is 6.34. The molecule has 0 aliphatic rings. The standard InChI is InChI=1S/C14H20ClNO/c1-10(6-5-7-15)8-13-12(3)14(17-4)11(2)9-16-13/h6,9H,5,7-8H2,1-4H3. The average molecular weight is 254 g/mol. The van der Waals surface area contributed by atoms with E-state index in [1.807, 2.05) is 13.1 Å². The van der Waals surface area contributed by atoms with Gasteiger partial charge in [0.1, 0.15) is 5.75 Å². The van der Waals surface area contributed by atoms with Crippen LogP contribution in [-0.4, -0.2) is 18.0 Å². The fraction of sp³-hybridized carbons (Fsp3) is 0.500. The van der Waals surface area contributed by atoms with Crippen LogP contribution in [0.5, 0.6) is 5.75 Å². The molecule has 0 N–H and O–H groups in total. The molecule has 0 saturated heterocycles. The van der Waals surface area contributed by atoms with E-state index in [-0.39, 0.29) is 0 Å². The van der Waals surface area contributed by atoms with Crippen molar-refractivity contribution in [2.24, 2.45) is 0 Å². The molecule has 0 bridgehead atoms.